The third-order valence-corrected chi connectivity index (χ3v) is 7.51. The first kappa shape index (κ1) is 26.3. The summed E-state index contributed by atoms with van der Waals surface area (Å²) < 4.78 is 34.6. The summed E-state index contributed by atoms with van der Waals surface area (Å²) in [6, 6.07) is 13.2. The van der Waals surface area contributed by atoms with E-state index in [1.54, 1.807) is 6.08 Å². The molecule has 2 aliphatic rings. The van der Waals surface area contributed by atoms with Gasteiger partial charge in [-0.15, -0.1) is 0 Å². The molecule has 3 atom stereocenters. The van der Waals surface area contributed by atoms with Crippen molar-refractivity contribution < 1.29 is 38.3 Å². The Balaban J connectivity index is 1.71. The van der Waals surface area contributed by atoms with E-state index in [1.807, 2.05) is 42.5 Å². The molecule has 3 unspecified atom stereocenters. The number of fused-ring (bicyclic) bond motifs is 4. The van der Waals surface area contributed by atoms with Crippen molar-refractivity contribution >= 4 is 12.0 Å². The highest BCUT2D eigenvalue weighted by Gasteiger charge is 2.39. The highest BCUT2D eigenvalue weighted by atomic mass is 16.7. The average molecular weight is 533 g/mol. The molecule has 0 radical (unpaired) electrons. The number of phenolic OH excluding ortho intramolecular Hbond substituents is 1. The Kier molecular flexibility index (Phi) is 7.28. The molecular formula is C31H32O8. The van der Waals surface area contributed by atoms with E-state index in [4.69, 9.17) is 28.4 Å². The highest BCUT2D eigenvalue weighted by molar-refractivity contribution is 5.90. The molecule has 1 heterocycles. The van der Waals surface area contributed by atoms with Gasteiger partial charge >= 0.3 is 5.97 Å². The molecule has 5 rings (SSSR count). The van der Waals surface area contributed by atoms with Crippen molar-refractivity contribution in [3.05, 3.63) is 65.2 Å². The van der Waals surface area contributed by atoms with Crippen LogP contribution in [0.25, 0.3) is 17.2 Å². The number of ether oxygens (including phenoxy) is 6. The molecule has 1 N–H and O–H groups in total. The number of methoxy groups -OCH3 is 3. The Morgan fingerprint density at radius 1 is 0.974 bits per heavy atom. The lowest BCUT2D eigenvalue weighted by molar-refractivity contribution is -0.146. The van der Waals surface area contributed by atoms with Gasteiger partial charge < -0.3 is 33.5 Å². The van der Waals surface area contributed by atoms with Crippen molar-refractivity contribution in [2.75, 3.05) is 28.1 Å². The molecule has 39 heavy (non-hydrogen) atoms. The number of esters is 1. The predicted octanol–water partition coefficient (Wildman–Crippen LogP) is 5.94. The van der Waals surface area contributed by atoms with E-state index in [-0.39, 0.29) is 30.1 Å². The minimum atomic E-state index is -0.674. The first-order valence-corrected chi connectivity index (χ1v) is 12.8. The first-order valence-electron chi connectivity index (χ1n) is 12.8. The smallest absolute Gasteiger partial charge is 0.331 e. The monoisotopic (exact) mass is 532 g/mol. The molecule has 0 amide bonds. The number of aromatic hydroxyl groups is 1. The van der Waals surface area contributed by atoms with Gasteiger partial charge in [-0.1, -0.05) is 44.2 Å². The van der Waals surface area contributed by atoms with Gasteiger partial charge in [0, 0.05) is 28.7 Å². The van der Waals surface area contributed by atoms with Gasteiger partial charge in [0.15, 0.2) is 23.0 Å². The van der Waals surface area contributed by atoms with E-state index in [0.29, 0.717) is 46.1 Å². The molecule has 0 aromatic heterocycles. The van der Waals surface area contributed by atoms with Crippen molar-refractivity contribution in [1.82, 2.24) is 0 Å². The van der Waals surface area contributed by atoms with Crippen LogP contribution in [-0.2, 0) is 16.0 Å². The Hall–Kier alpha value is -4.33. The number of hydrogen-bond donors (Lipinski definition) is 1. The molecule has 1 aliphatic carbocycles. The molecule has 1 aliphatic heterocycles. The molecule has 0 spiro atoms. The second kappa shape index (κ2) is 10.8. The van der Waals surface area contributed by atoms with Crippen LogP contribution < -0.4 is 23.7 Å². The van der Waals surface area contributed by atoms with Gasteiger partial charge in [0.2, 0.25) is 18.3 Å². The van der Waals surface area contributed by atoms with Crippen molar-refractivity contribution in [1.29, 1.82) is 0 Å². The summed E-state index contributed by atoms with van der Waals surface area (Å²) in [5.74, 6) is 1.27. The summed E-state index contributed by atoms with van der Waals surface area (Å²) >= 11 is 0. The number of phenols is 1. The van der Waals surface area contributed by atoms with Crippen LogP contribution in [0.5, 0.6) is 34.5 Å². The summed E-state index contributed by atoms with van der Waals surface area (Å²) in [4.78, 5) is 13.1. The van der Waals surface area contributed by atoms with Gasteiger partial charge in [0.1, 0.15) is 6.10 Å². The lowest BCUT2D eigenvalue weighted by atomic mass is 9.76. The third-order valence-electron chi connectivity index (χ3n) is 7.51. The van der Waals surface area contributed by atoms with Gasteiger partial charge in [-0.25, -0.2) is 4.79 Å². The zero-order chi connectivity index (χ0) is 27.7. The summed E-state index contributed by atoms with van der Waals surface area (Å²) in [5, 5.41) is 11.6. The normalized spacial score (nSPS) is 19.5. The predicted molar refractivity (Wildman–Crippen MR) is 146 cm³/mol. The van der Waals surface area contributed by atoms with Gasteiger partial charge in [-0.3, -0.25) is 0 Å². The van der Waals surface area contributed by atoms with Crippen molar-refractivity contribution in [3.8, 4) is 45.6 Å². The van der Waals surface area contributed by atoms with Gasteiger partial charge in [-0.05, 0) is 41.7 Å². The van der Waals surface area contributed by atoms with Gasteiger partial charge in [0.05, 0.1) is 21.3 Å². The number of carbonyl (C=O) groups is 1. The summed E-state index contributed by atoms with van der Waals surface area (Å²) in [5.41, 5.74) is 3.44. The van der Waals surface area contributed by atoms with Crippen molar-refractivity contribution in [2.45, 2.75) is 26.4 Å². The standard InChI is InChI=1S/C31H32O8/c1-17-13-20-14-22(34-3)29(35-4)27(33)25(20)26-21(15-23-30(31(26)36-5)38-16-37-23)28(18(17)2)39-24(32)12-11-19-9-7-6-8-10-19/h6-12,14-15,17-18,28,33H,13,16H2,1-5H3. The molecule has 0 saturated heterocycles. The fraction of sp³-hybridized carbons (Fsp3) is 0.323. The number of hydrogen-bond acceptors (Lipinski definition) is 8. The minimum Gasteiger partial charge on any atom is -0.504 e. The number of benzene rings is 3. The van der Waals surface area contributed by atoms with E-state index in [0.717, 1.165) is 11.1 Å². The Labute approximate surface area is 227 Å². The van der Waals surface area contributed by atoms with E-state index in [2.05, 4.69) is 13.8 Å². The quantitative estimate of drug-likeness (QED) is 0.308. The SMILES string of the molecule is COc1cc2c(c(O)c1OC)-c1c(cc3c(c1OC)OCO3)C(OC(=O)C=Cc1ccccc1)C(C)C(C)C2. The van der Waals surface area contributed by atoms with Crippen LogP contribution in [-0.4, -0.2) is 39.2 Å². The number of rotatable bonds is 6. The molecule has 0 bridgehead atoms. The second-order valence-electron chi connectivity index (χ2n) is 9.74. The molecular weight excluding hydrogens is 500 g/mol. The minimum absolute atomic E-state index is 0.0234. The lowest BCUT2D eigenvalue weighted by Gasteiger charge is -2.34. The van der Waals surface area contributed by atoms with Gasteiger partial charge in [-0.2, -0.15) is 0 Å². The third kappa shape index (κ3) is 4.71. The second-order valence-corrected chi connectivity index (χ2v) is 9.74. The zero-order valence-electron chi connectivity index (χ0n) is 22.6. The fourth-order valence-corrected chi connectivity index (χ4v) is 5.35. The van der Waals surface area contributed by atoms with Crippen LogP contribution in [0.2, 0.25) is 0 Å². The molecule has 3 aromatic carbocycles. The molecule has 0 saturated carbocycles. The number of carbonyl (C=O) groups excluding carboxylic acids is 1. The van der Waals surface area contributed by atoms with Crippen LogP contribution in [0.1, 0.15) is 36.6 Å². The Bertz CT molecular complexity index is 1410. The fourth-order valence-electron chi connectivity index (χ4n) is 5.35. The Morgan fingerprint density at radius 2 is 1.72 bits per heavy atom. The molecule has 8 heteroatoms. The van der Waals surface area contributed by atoms with Crippen molar-refractivity contribution in [3.63, 3.8) is 0 Å². The van der Waals surface area contributed by atoms with E-state index in [9.17, 15) is 9.90 Å². The zero-order valence-corrected chi connectivity index (χ0v) is 22.6. The van der Waals surface area contributed by atoms with E-state index < -0.39 is 12.1 Å². The maximum atomic E-state index is 13.1. The first-order chi connectivity index (χ1) is 18.9. The average Bonchev–Trinajstić information content (AvgIpc) is 3.42. The summed E-state index contributed by atoms with van der Waals surface area (Å²) in [7, 11) is 4.53. The maximum absolute atomic E-state index is 13.1. The molecule has 204 valence electrons. The molecule has 8 nitrogen and oxygen atoms in total. The summed E-state index contributed by atoms with van der Waals surface area (Å²) in [6.45, 7) is 4.17. The maximum Gasteiger partial charge on any atom is 0.331 e. The topological polar surface area (TPSA) is 92.7 Å². The van der Waals surface area contributed by atoms with Crippen LogP contribution in [0.4, 0.5) is 0 Å². The van der Waals surface area contributed by atoms with Crippen molar-refractivity contribution in [2.24, 2.45) is 11.8 Å². The summed E-state index contributed by atoms with van der Waals surface area (Å²) in [6.07, 6.45) is 3.05. The Morgan fingerprint density at radius 3 is 2.41 bits per heavy atom. The van der Waals surface area contributed by atoms with Gasteiger partial charge in [0.25, 0.3) is 0 Å². The van der Waals surface area contributed by atoms with Crippen LogP contribution in [0.15, 0.2) is 48.5 Å². The molecule has 3 aromatic rings. The lowest BCUT2D eigenvalue weighted by Crippen LogP contribution is -2.26. The molecule has 0 fully saturated rings. The van der Waals surface area contributed by atoms with E-state index >= 15 is 0 Å². The van der Waals surface area contributed by atoms with Crippen LogP contribution in [0, 0.1) is 11.8 Å². The highest BCUT2D eigenvalue weighted by Crippen LogP contribution is 2.58. The van der Waals surface area contributed by atoms with E-state index in [1.165, 1.54) is 27.4 Å². The van der Waals surface area contributed by atoms with Crippen LogP contribution in [0.3, 0.4) is 0 Å². The van der Waals surface area contributed by atoms with Crippen LogP contribution >= 0.6 is 0 Å². The largest absolute Gasteiger partial charge is 0.504 e.